The zero-order valence-corrected chi connectivity index (χ0v) is 12.6. The number of rotatable bonds is 6. The van der Waals surface area contributed by atoms with Gasteiger partial charge in [-0.25, -0.2) is 0 Å². The van der Waals surface area contributed by atoms with Crippen LogP contribution in [0.1, 0.15) is 18.9 Å². The number of hydrogen-bond acceptors (Lipinski definition) is 0. The molecule has 0 saturated heterocycles. The summed E-state index contributed by atoms with van der Waals surface area (Å²) >= 11 is 2.27. The summed E-state index contributed by atoms with van der Waals surface area (Å²) in [5.41, 5.74) is 3.87. The average molecular weight is 334 g/mol. The SMILES string of the molecule is C[B]C/C=C\C(=C/CC)c1ccc([B]I)cc1. The number of halogens is 1. The molecule has 0 unspecified atom stereocenters. The zero-order chi connectivity index (χ0) is 12.5. The van der Waals surface area contributed by atoms with Crippen LogP contribution < -0.4 is 5.46 Å². The second-order valence-corrected chi connectivity index (χ2v) is 4.47. The van der Waals surface area contributed by atoms with Crippen molar-refractivity contribution in [2.75, 3.05) is 0 Å². The van der Waals surface area contributed by atoms with Gasteiger partial charge >= 0.3 is 0 Å². The van der Waals surface area contributed by atoms with Gasteiger partial charge in [-0.3, -0.25) is 0 Å². The van der Waals surface area contributed by atoms with E-state index in [0.29, 0.717) is 0 Å². The van der Waals surface area contributed by atoms with Gasteiger partial charge in [-0.05, 0) is 17.6 Å². The minimum Gasteiger partial charge on any atom is -0.151 e. The molecule has 1 aromatic carbocycles. The quantitative estimate of drug-likeness (QED) is 0.421. The van der Waals surface area contributed by atoms with Crippen LogP contribution >= 0.6 is 22.4 Å². The molecule has 0 N–H and O–H groups in total. The Labute approximate surface area is 120 Å². The third-order valence-electron chi connectivity index (χ3n) is 2.46. The highest BCUT2D eigenvalue weighted by molar-refractivity contribution is 14.1. The molecule has 0 aliphatic carbocycles. The summed E-state index contributed by atoms with van der Waals surface area (Å²) in [7, 11) is 2.16. The molecule has 0 bridgehead atoms. The van der Waals surface area contributed by atoms with E-state index in [1.54, 1.807) is 0 Å². The van der Waals surface area contributed by atoms with Crippen LogP contribution in [0.4, 0.5) is 0 Å². The Morgan fingerprint density at radius 2 is 2.00 bits per heavy atom. The Morgan fingerprint density at radius 1 is 1.29 bits per heavy atom. The fourth-order valence-corrected chi connectivity index (χ4v) is 2.00. The molecule has 2 radical (unpaired) electrons. The van der Waals surface area contributed by atoms with E-state index in [0.717, 1.165) is 12.7 Å². The minimum atomic E-state index is 1.03. The fourth-order valence-electron chi connectivity index (χ4n) is 1.58. The highest BCUT2D eigenvalue weighted by Gasteiger charge is 1.98. The van der Waals surface area contributed by atoms with Crippen molar-refractivity contribution in [3.63, 3.8) is 0 Å². The van der Waals surface area contributed by atoms with Crippen LogP contribution in [-0.4, -0.2) is 12.4 Å². The van der Waals surface area contributed by atoms with E-state index in [2.05, 4.69) is 91.0 Å². The van der Waals surface area contributed by atoms with Gasteiger partial charge in [0.1, 0.15) is 7.28 Å². The molecule has 1 rings (SSSR count). The zero-order valence-electron chi connectivity index (χ0n) is 10.5. The first-order valence-electron chi connectivity index (χ1n) is 6.00. The molecule has 3 heteroatoms. The highest BCUT2D eigenvalue weighted by Crippen LogP contribution is 2.16. The maximum Gasteiger partial charge on any atom is 0.237 e. The van der Waals surface area contributed by atoms with Crippen molar-refractivity contribution < 1.29 is 0 Å². The van der Waals surface area contributed by atoms with E-state index in [-0.39, 0.29) is 0 Å². The van der Waals surface area contributed by atoms with Crippen LogP contribution in [0.3, 0.4) is 0 Å². The van der Waals surface area contributed by atoms with E-state index in [4.69, 9.17) is 0 Å². The van der Waals surface area contributed by atoms with Crippen LogP contribution in [0.15, 0.2) is 42.5 Å². The van der Waals surface area contributed by atoms with Crippen LogP contribution in [-0.2, 0) is 0 Å². The topological polar surface area (TPSA) is 0 Å². The van der Waals surface area contributed by atoms with Crippen molar-refractivity contribution in [3.8, 4) is 0 Å². The van der Waals surface area contributed by atoms with E-state index in [1.165, 1.54) is 16.6 Å². The molecule has 0 atom stereocenters. The average Bonchev–Trinajstić information content (AvgIpc) is 2.38. The van der Waals surface area contributed by atoms with Crippen molar-refractivity contribution >= 4 is 45.8 Å². The first kappa shape index (κ1) is 14.6. The smallest absolute Gasteiger partial charge is 0.151 e. The Hall–Kier alpha value is -0.440. The Kier molecular flexibility index (Phi) is 7.41. The van der Waals surface area contributed by atoms with Crippen LogP contribution in [0.5, 0.6) is 0 Å². The van der Waals surface area contributed by atoms with Gasteiger partial charge in [0.25, 0.3) is 0 Å². The summed E-state index contributed by atoms with van der Waals surface area (Å²) in [6.07, 6.45) is 8.79. The lowest BCUT2D eigenvalue weighted by atomic mass is 9.78. The molecule has 0 amide bonds. The second-order valence-electron chi connectivity index (χ2n) is 3.85. The molecule has 17 heavy (non-hydrogen) atoms. The lowest BCUT2D eigenvalue weighted by molar-refractivity contribution is 1.23. The molecule has 86 valence electrons. The molecule has 0 heterocycles. The number of allylic oxidation sites excluding steroid dienone is 4. The second kappa shape index (κ2) is 8.62. The highest BCUT2D eigenvalue weighted by atomic mass is 127. The van der Waals surface area contributed by atoms with Crippen LogP contribution in [0, 0.1) is 0 Å². The maximum atomic E-state index is 2.27. The molecule has 0 nitrogen and oxygen atoms in total. The predicted molar refractivity (Wildman–Crippen MR) is 89.7 cm³/mol. The molecule has 0 aromatic heterocycles. The lowest BCUT2D eigenvalue weighted by Crippen LogP contribution is -2.06. The van der Waals surface area contributed by atoms with Crippen LogP contribution in [0.25, 0.3) is 5.57 Å². The molecular formula is C14H17B2I. The van der Waals surface area contributed by atoms with Gasteiger partial charge in [-0.15, -0.1) is 0 Å². The molecule has 0 aliphatic rings. The Bertz CT molecular complexity index is 380. The summed E-state index contributed by atoms with van der Waals surface area (Å²) in [6.45, 7) is 4.26. The third kappa shape index (κ3) is 5.15. The normalized spacial score (nSPS) is 11.8. The lowest BCUT2D eigenvalue weighted by Gasteiger charge is -2.04. The summed E-state index contributed by atoms with van der Waals surface area (Å²) in [5, 5.41) is 2.09. The molecular weight excluding hydrogens is 317 g/mol. The first-order chi connectivity index (χ1) is 8.31. The molecule has 0 aliphatic heterocycles. The summed E-state index contributed by atoms with van der Waals surface area (Å²) in [6, 6.07) is 8.69. The van der Waals surface area contributed by atoms with Gasteiger partial charge in [0, 0.05) is 0 Å². The Balaban J connectivity index is 2.86. The van der Waals surface area contributed by atoms with Gasteiger partial charge in [-0.1, -0.05) is 68.0 Å². The van der Waals surface area contributed by atoms with Crippen molar-refractivity contribution in [2.24, 2.45) is 0 Å². The fraction of sp³-hybridized carbons (Fsp3) is 0.286. The van der Waals surface area contributed by atoms with Crippen molar-refractivity contribution in [3.05, 3.63) is 48.1 Å². The maximum absolute atomic E-state index is 2.27. The van der Waals surface area contributed by atoms with E-state index >= 15 is 0 Å². The summed E-state index contributed by atoms with van der Waals surface area (Å²) < 4.78 is 0. The summed E-state index contributed by atoms with van der Waals surface area (Å²) in [4.78, 5) is 0. The van der Waals surface area contributed by atoms with E-state index < -0.39 is 0 Å². The largest absolute Gasteiger partial charge is 0.237 e. The molecule has 0 saturated carbocycles. The number of hydrogen-bond donors (Lipinski definition) is 0. The molecule has 0 spiro atoms. The standard InChI is InChI=1S/C14H17B2I/c1-3-5-12(6-4-11-15-2)13-7-9-14(16-17)10-8-13/h4-10H,3,11H2,1-2H3/b6-4-,12-5+. The molecule has 0 fully saturated rings. The van der Waals surface area contributed by atoms with E-state index in [1.807, 2.05) is 0 Å². The monoisotopic (exact) mass is 334 g/mol. The van der Waals surface area contributed by atoms with Gasteiger partial charge in [0.2, 0.25) is 5.14 Å². The van der Waals surface area contributed by atoms with Crippen molar-refractivity contribution in [1.82, 2.24) is 0 Å². The van der Waals surface area contributed by atoms with Gasteiger partial charge in [-0.2, -0.15) is 22.4 Å². The summed E-state index contributed by atoms with van der Waals surface area (Å²) in [5.74, 6) is 0. The van der Waals surface area contributed by atoms with Gasteiger partial charge in [0.15, 0.2) is 0 Å². The Morgan fingerprint density at radius 3 is 2.53 bits per heavy atom. The van der Waals surface area contributed by atoms with Crippen LogP contribution in [0.2, 0.25) is 13.1 Å². The minimum absolute atomic E-state index is 1.03. The first-order valence-corrected chi connectivity index (χ1v) is 7.24. The van der Waals surface area contributed by atoms with E-state index in [9.17, 15) is 0 Å². The predicted octanol–water partition coefficient (Wildman–Crippen LogP) is 3.89. The van der Waals surface area contributed by atoms with Crippen molar-refractivity contribution in [1.29, 1.82) is 0 Å². The van der Waals surface area contributed by atoms with Crippen molar-refractivity contribution in [2.45, 2.75) is 26.5 Å². The molecule has 1 aromatic rings. The third-order valence-corrected chi connectivity index (χ3v) is 3.18. The van der Waals surface area contributed by atoms with Gasteiger partial charge < -0.3 is 0 Å². The number of benzene rings is 1. The van der Waals surface area contributed by atoms with Gasteiger partial charge in [0.05, 0.1) is 0 Å².